The molecule has 2 atom stereocenters. The van der Waals surface area contributed by atoms with Crippen LogP contribution in [0.2, 0.25) is 0 Å². The Labute approximate surface area is 176 Å². The van der Waals surface area contributed by atoms with Gasteiger partial charge in [-0.1, -0.05) is 0 Å². The van der Waals surface area contributed by atoms with E-state index in [2.05, 4.69) is 10.3 Å². The summed E-state index contributed by atoms with van der Waals surface area (Å²) < 4.78 is 40.0. The van der Waals surface area contributed by atoms with Crippen LogP contribution in [-0.2, 0) is 0 Å². The number of aliphatic hydroxyl groups is 1. The van der Waals surface area contributed by atoms with Crippen molar-refractivity contribution in [2.75, 3.05) is 0 Å². The molecular weight excluding hydrogens is 411 g/mol. The van der Waals surface area contributed by atoms with Crippen LogP contribution in [0.3, 0.4) is 0 Å². The summed E-state index contributed by atoms with van der Waals surface area (Å²) in [5.41, 5.74) is 1.39. The summed E-state index contributed by atoms with van der Waals surface area (Å²) in [4.78, 5) is 16.7. The van der Waals surface area contributed by atoms with Crippen molar-refractivity contribution in [3.63, 3.8) is 0 Å². The molecule has 1 amide bonds. The molecule has 1 aromatic carbocycles. The zero-order valence-electron chi connectivity index (χ0n) is 16.7. The minimum Gasteiger partial charge on any atom is -0.618 e. The molecule has 6 nitrogen and oxygen atoms in total. The molecule has 0 radical (unpaired) electrons. The largest absolute Gasteiger partial charge is 0.618 e. The first-order valence-electron chi connectivity index (χ1n) is 9.39. The quantitative estimate of drug-likeness (QED) is 0.461. The lowest BCUT2D eigenvalue weighted by molar-refractivity contribution is -0.612. The molecular formula is C22H20F3N3O3. The van der Waals surface area contributed by atoms with E-state index in [1.165, 1.54) is 24.4 Å². The molecule has 3 rings (SSSR count). The second-order valence-corrected chi connectivity index (χ2v) is 7.11. The molecule has 0 saturated carbocycles. The van der Waals surface area contributed by atoms with Crippen molar-refractivity contribution in [1.82, 2.24) is 10.3 Å². The van der Waals surface area contributed by atoms with Crippen molar-refractivity contribution in [2.45, 2.75) is 32.4 Å². The van der Waals surface area contributed by atoms with Gasteiger partial charge in [-0.15, -0.1) is 0 Å². The van der Waals surface area contributed by atoms with E-state index in [1.807, 2.05) is 0 Å². The summed E-state index contributed by atoms with van der Waals surface area (Å²) in [5, 5.41) is 24.3. The maximum Gasteiger partial charge on any atom is 0.268 e. The van der Waals surface area contributed by atoms with Crippen molar-refractivity contribution in [3.05, 3.63) is 88.3 Å². The van der Waals surface area contributed by atoms with E-state index in [1.54, 1.807) is 26.0 Å². The lowest BCUT2D eigenvalue weighted by Gasteiger charge is -2.17. The fourth-order valence-electron chi connectivity index (χ4n) is 2.98. The monoisotopic (exact) mass is 431 g/mol. The average molecular weight is 431 g/mol. The van der Waals surface area contributed by atoms with Crippen LogP contribution in [0, 0.1) is 17.9 Å². The standard InChI is InChI=1S/C22H20F3N3O3/c1-12-3-4-14(11-28(12)31)13(2)27-22(30)17-8-15(19-6-5-18(23)10-26-19)7-16(9-17)20(29)21(24)25/h3-11,13,20-21,29H,1-2H3,(H,27,30)/t13-,20?/m1/s1. The molecule has 0 saturated heterocycles. The second-order valence-electron chi connectivity index (χ2n) is 7.11. The molecule has 2 N–H and O–H groups in total. The van der Waals surface area contributed by atoms with Gasteiger partial charge in [-0.3, -0.25) is 9.78 Å². The third-order valence-corrected chi connectivity index (χ3v) is 4.80. The van der Waals surface area contributed by atoms with E-state index in [0.717, 1.165) is 18.3 Å². The molecule has 1 unspecified atom stereocenters. The number of aromatic nitrogens is 2. The number of aryl methyl sites for hydroxylation is 1. The second kappa shape index (κ2) is 9.13. The Hall–Kier alpha value is -3.46. The molecule has 0 aliphatic heterocycles. The summed E-state index contributed by atoms with van der Waals surface area (Å²) in [5.74, 6) is -1.18. The van der Waals surface area contributed by atoms with Gasteiger partial charge in [0.15, 0.2) is 11.9 Å². The summed E-state index contributed by atoms with van der Waals surface area (Å²) in [6.45, 7) is 3.31. The lowest BCUT2D eigenvalue weighted by atomic mass is 9.99. The Morgan fingerprint density at radius 3 is 2.52 bits per heavy atom. The Kier molecular flexibility index (Phi) is 6.55. The summed E-state index contributed by atoms with van der Waals surface area (Å²) in [6, 6.07) is 9.09. The number of nitrogens with zero attached hydrogens (tertiary/aromatic N) is 2. The number of hydrogen-bond donors (Lipinski definition) is 2. The first kappa shape index (κ1) is 22.2. The highest BCUT2D eigenvalue weighted by molar-refractivity contribution is 5.96. The van der Waals surface area contributed by atoms with Gasteiger partial charge < -0.3 is 15.6 Å². The molecule has 2 aromatic heterocycles. The van der Waals surface area contributed by atoms with Gasteiger partial charge in [0.1, 0.15) is 11.9 Å². The number of benzene rings is 1. The maximum absolute atomic E-state index is 13.2. The molecule has 0 aliphatic carbocycles. The minimum absolute atomic E-state index is 0.00675. The normalized spacial score (nSPS) is 13.1. The van der Waals surface area contributed by atoms with Gasteiger partial charge in [-0.05, 0) is 48.9 Å². The van der Waals surface area contributed by atoms with E-state index >= 15 is 0 Å². The summed E-state index contributed by atoms with van der Waals surface area (Å²) in [7, 11) is 0. The number of hydrogen-bond acceptors (Lipinski definition) is 4. The van der Waals surface area contributed by atoms with Gasteiger partial charge in [-0.2, -0.15) is 4.73 Å². The first-order chi connectivity index (χ1) is 14.7. The van der Waals surface area contributed by atoms with Crippen LogP contribution in [0.1, 0.15) is 46.2 Å². The Bertz CT molecular complexity index is 1090. The van der Waals surface area contributed by atoms with Gasteiger partial charge in [0.05, 0.1) is 17.9 Å². The number of amides is 1. The maximum atomic E-state index is 13.2. The van der Waals surface area contributed by atoms with E-state index in [-0.39, 0.29) is 22.4 Å². The molecule has 31 heavy (non-hydrogen) atoms. The lowest BCUT2D eigenvalue weighted by Crippen LogP contribution is -2.33. The third kappa shape index (κ3) is 5.18. The Morgan fingerprint density at radius 2 is 1.90 bits per heavy atom. The predicted molar refractivity (Wildman–Crippen MR) is 107 cm³/mol. The van der Waals surface area contributed by atoms with Crippen molar-refractivity contribution in [1.29, 1.82) is 0 Å². The number of alkyl halides is 2. The predicted octanol–water partition coefficient (Wildman–Crippen LogP) is 3.62. The molecule has 3 aromatic rings. The molecule has 2 heterocycles. The summed E-state index contributed by atoms with van der Waals surface area (Å²) >= 11 is 0. The first-order valence-corrected chi connectivity index (χ1v) is 9.39. The SMILES string of the molecule is Cc1ccc([C@@H](C)NC(=O)c2cc(-c3ccc(F)cn3)cc(C(O)C(F)F)c2)c[n+]1[O-]. The van der Waals surface area contributed by atoms with E-state index < -0.39 is 30.3 Å². The topological polar surface area (TPSA) is 89.2 Å². The van der Waals surface area contributed by atoms with Crippen LogP contribution < -0.4 is 10.0 Å². The molecule has 162 valence electrons. The number of carbonyl (C=O) groups is 1. The highest BCUT2D eigenvalue weighted by Crippen LogP contribution is 2.28. The van der Waals surface area contributed by atoms with E-state index in [0.29, 0.717) is 16.0 Å². The number of aliphatic hydroxyl groups excluding tert-OH is 1. The molecule has 0 bridgehead atoms. The van der Waals surface area contributed by atoms with Gasteiger partial charge >= 0.3 is 0 Å². The Balaban J connectivity index is 1.95. The molecule has 0 aliphatic rings. The zero-order valence-corrected chi connectivity index (χ0v) is 16.7. The highest BCUT2D eigenvalue weighted by Gasteiger charge is 2.23. The van der Waals surface area contributed by atoms with Gasteiger partial charge in [0.2, 0.25) is 0 Å². The van der Waals surface area contributed by atoms with E-state index in [4.69, 9.17) is 0 Å². The van der Waals surface area contributed by atoms with Crippen LogP contribution >= 0.6 is 0 Å². The number of carbonyl (C=O) groups excluding carboxylic acids is 1. The Morgan fingerprint density at radius 1 is 1.16 bits per heavy atom. The summed E-state index contributed by atoms with van der Waals surface area (Å²) in [6.07, 6.45) is -2.87. The van der Waals surface area contributed by atoms with Crippen molar-refractivity contribution in [3.8, 4) is 11.3 Å². The smallest absolute Gasteiger partial charge is 0.268 e. The zero-order chi connectivity index (χ0) is 22.7. The molecule has 0 fully saturated rings. The van der Waals surface area contributed by atoms with Gasteiger partial charge in [0.25, 0.3) is 12.3 Å². The van der Waals surface area contributed by atoms with Crippen molar-refractivity contribution in [2.24, 2.45) is 0 Å². The van der Waals surface area contributed by atoms with Crippen LogP contribution in [-0.4, -0.2) is 22.4 Å². The highest BCUT2D eigenvalue weighted by atomic mass is 19.3. The van der Waals surface area contributed by atoms with Crippen LogP contribution in [0.5, 0.6) is 0 Å². The molecule has 9 heteroatoms. The van der Waals surface area contributed by atoms with Gasteiger partial charge in [-0.25, -0.2) is 13.2 Å². The van der Waals surface area contributed by atoms with Crippen molar-refractivity contribution < 1.29 is 27.8 Å². The number of halogens is 3. The number of nitrogens with one attached hydrogen (secondary N) is 1. The minimum atomic E-state index is -3.06. The van der Waals surface area contributed by atoms with Crippen molar-refractivity contribution >= 4 is 5.91 Å². The van der Waals surface area contributed by atoms with Gasteiger partial charge in [0, 0.05) is 29.7 Å². The third-order valence-electron chi connectivity index (χ3n) is 4.80. The average Bonchev–Trinajstić information content (AvgIpc) is 2.75. The fourth-order valence-corrected chi connectivity index (χ4v) is 2.98. The van der Waals surface area contributed by atoms with Crippen LogP contribution in [0.4, 0.5) is 13.2 Å². The van der Waals surface area contributed by atoms with E-state index in [9.17, 15) is 28.3 Å². The molecule has 0 spiro atoms. The van der Waals surface area contributed by atoms with Crippen LogP contribution in [0.25, 0.3) is 11.3 Å². The number of pyridine rings is 2. The fraction of sp³-hybridized carbons (Fsp3) is 0.227. The van der Waals surface area contributed by atoms with Crippen LogP contribution in [0.15, 0.2) is 54.9 Å². The number of rotatable bonds is 6.